The third-order valence-electron chi connectivity index (χ3n) is 3.99. The minimum absolute atomic E-state index is 0.0232. The molecule has 1 N–H and O–H groups in total. The van der Waals surface area contributed by atoms with Gasteiger partial charge < -0.3 is 15.1 Å². The number of pyridine rings is 1. The Labute approximate surface area is 127 Å². The van der Waals surface area contributed by atoms with E-state index in [1.165, 1.54) is 0 Å². The number of anilines is 1. The Kier molecular flexibility index (Phi) is 5.99. The summed E-state index contributed by atoms with van der Waals surface area (Å²) in [4.78, 5) is 21.1. The summed E-state index contributed by atoms with van der Waals surface area (Å²) in [6, 6.07) is 1.95. The molecule has 1 aliphatic rings. The number of hydrogen-bond acceptors (Lipinski definition) is 4. The average molecular weight is 290 g/mol. The van der Waals surface area contributed by atoms with E-state index in [2.05, 4.69) is 33.9 Å². The second-order valence-electron chi connectivity index (χ2n) is 5.46. The standard InChI is InChI=1S/C16H26N4O/c1-3-5-6-18-16(21)14-11-15(13-17-12-14)20-9-7-19(4-2)8-10-20/h11-13H,3-10H2,1-2H3,(H,18,21). The van der Waals surface area contributed by atoms with Crippen molar-refractivity contribution in [2.45, 2.75) is 26.7 Å². The molecule has 5 nitrogen and oxygen atoms in total. The summed E-state index contributed by atoms with van der Waals surface area (Å²) < 4.78 is 0. The van der Waals surface area contributed by atoms with Gasteiger partial charge in [-0.2, -0.15) is 0 Å². The lowest BCUT2D eigenvalue weighted by molar-refractivity contribution is 0.0953. The van der Waals surface area contributed by atoms with Crippen molar-refractivity contribution in [3.63, 3.8) is 0 Å². The maximum atomic E-state index is 12.1. The van der Waals surface area contributed by atoms with Crippen molar-refractivity contribution >= 4 is 11.6 Å². The van der Waals surface area contributed by atoms with Crippen molar-refractivity contribution in [1.82, 2.24) is 15.2 Å². The third-order valence-corrected chi connectivity index (χ3v) is 3.99. The second kappa shape index (κ2) is 7.98. The van der Waals surface area contributed by atoms with Gasteiger partial charge in [-0.3, -0.25) is 9.78 Å². The summed E-state index contributed by atoms with van der Waals surface area (Å²) in [6.07, 6.45) is 5.59. The zero-order valence-electron chi connectivity index (χ0n) is 13.1. The van der Waals surface area contributed by atoms with Gasteiger partial charge in [0.1, 0.15) is 0 Å². The van der Waals surface area contributed by atoms with Gasteiger partial charge in [-0.25, -0.2) is 0 Å². The lowest BCUT2D eigenvalue weighted by atomic mass is 10.2. The molecule has 1 amide bonds. The molecular formula is C16H26N4O. The quantitative estimate of drug-likeness (QED) is 0.811. The highest BCUT2D eigenvalue weighted by molar-refractivity contribution is 5.94. The van der Waals surface area contributed by atoms with Crippen LogP contribution in [0.4, 0.5) is 5.69 Å². The van der Waals surface area contributed by atoms with Crippen molar-refractivity contribution < 1.29 is 4.79 Å². The van der Waals surface area contributed by atoms with Crippen LogP contribution in [-0.2, 0) is 0 Å². The lowest BCUT2D eigenvalue weighted by Gasteiger charge is -2.35. The predicted molar refractivity (Wildman–Crippen MR) is 85.8 cm³/mol. The third kappa shape index (κ3) is 4.43. The molecule has 0 bridgehead atoms. The van der Waals surface area contributed by atoms with Crippen LogP contribution >= 0.6 is 0 Å². The molecule has 1 aliphatic heterocycles. The van der Waals surface area contributed by atoms with Crippen LogP contribution < -0.4 is 10.2 Å². The van der Waals surface area contributed by atoms with Gasteiger partial charge in [0.25, 0.3) is 5.91 Å². The lowest BCUT2D eigenvalue weighted by Crippen LogP contribution is -2.46. The van der Waals surface area contributed by atoms with Crippen molar-refractivity contribution in [2.24, 2.45) is 0 Å². The number of carbonyl (C=O) groups is 1. The van der Waals surface area contributed by atoms with Crippen LogP contribution in [0.1, 0.15) is 37.0 Å². The van der Waals surface area contributed by atoms with E-state index < -0.39 is 0 Å². The molecule has 2 heterocycles. The van der Waals surface area contributed by atoms with Crippen molar-refractivity contribution in [2.75, 3.05) is 44.2 Å². The first kappa shape index (κ1) is 15.8. The molecule has 0 unspecified atom stereocenters. The van der Waals surface area contributed by atoms with Crippen molar-refractivity contribution in [1.29, 1.82) is 0 Å². The SMILES string of the molecule is CCCCNC(=O)c1cncc(N2CCN(CC)CC2)c1. The van der Waals surface area contributed by atoms with Crippen LogP contribution in [0, 0.1) is 0 Å². The monoisotopic (exact) mass is 290 g/mol. The van der Waals surface area contributed by atoms with Gasteiger partial charge in [0.2, 0.25) is 0 Å². The summed E-state index contributed by atoms with van der Waals surface area (Å²) in [5.74, 6) is -0.0232. The first-order valence-electron chi connectivity index (χ1n) is 7.95. The Morgan fingerprint density at radius 2 is 2.00 bits per heavy atom. The Hall–Kier alpha value is -1.62. The van der Waals surface area contributed by atoms with Gasteiger partial charge in [-0.15, -0.1) is 0 Å². The van der Waals surface area contributed by atoms with E-state index in [-0.39, 0.29) is 5.91 Å². The van der Waals surface area contributed by atoms with E-state index in [1.54, 1.807) is 6.20 Å². The number of unbranched alkanes of at least 4 members (excludes halogenated alkanes) is 1. The minimum atomic E-state index is -0.0232. The molecule has 0 aliphatic carbocycles. The Bertz CT molecular complexity index is 455. The van der Waals surface area contributed by atoms with Gasteiger partial charge in [-0.1, -0.05) is 20.3 Å². The number of rotatable bonds is 6. The van der Waals surface area contributed by atoms with Gasteiger partial charge in [0, 0.05) is 38.9 Å². The normalized spacial score (nSPS) is 16.0. The molecule has 2 rings (SSSR count). The molecule has 21 heavy (non-hydrogen) atoms. The maximum Gasteiger partial charge on any atom is 0.252 e. The van der Waals surface area contributed by atoms with Gasteiger partial charge in [0.05, 0.1) is 17.4 Å². The average Bonchev–Trinajstić information content (AvgIpc) is 2.55. The van der Waals surface area contributed by atoms with Crippen LogP contribution in [0.3, 0.4) is 0 Å². The number of carbonyl (C=O) groups excluding carboxylic acids is 1. The van der Waals surface area contributed by atoms with E-state index in [0.29, 0.717) is 5.56 Å². The Morgan fingerprint density at radius 3 is 2.67 bits per heavy atom. The maximum absolute atomic E-state index is 12.1. The van der Waals surface area contributed by atoms with Gasteiger partial charge >= 0.3 is 0 Å². The molecule has 0 spiro atoms. The molecule has 0 atom stereocenters. The number of aromatic nitrogens is 1. The smallest absolute Gasteiger partial charge is 0.252 e. The number of likely N-dealkylation sites (N-methyl/N-ethyl adjacent to an activating group) is 1. The van der Waals surface area contributed by atoms with Crippen molar-refractivity contribution in [3.8, 4) is 0 Å². The van der Waals surface area contributed by atoms with Gasteiger partial charge in [-0.05, 0) is 19.0 Å². The second-order valence-corrected chi connectivity index (χ2v) is 5.46. The summed E-state index contributed by atoms with van der Waals surface area (Å²) >= 11 is 0. The molecule has 5 heteroatoms. The van der Waals surface area contributed by atoms with E-state index in [0.717, 1.165) is 57.8 Å². The Morgan fingerprint density at radius 1 is 1.24 bits per heavy atom. The largest absolute Gasteiger partial charge is 0.368 e. The molecule has 1 aromatic heterocycles. The Balaban J connectivity index is 1.96. The molecule has 1 fully saturated rings. The minimum Gasteiger partial charge on any atom is -0.368 e. The highest BCUT2D eigenvalue weighted by atomic mass is 16.1. The zero-order chi connectivity index (χ0) is 15.1. The molecule has 1 saturated heterocycles. The molecular weight excluding hydrogens is 264 g/mol. The fourth-order valence-corrected chi connectivity index (χ4v) is 2.53. The van der Waals surface area contributed by atoms with E-state index >= 15 is 0 Å². The van der Waals surface area contributed by atoms with Crippen molar-refractivity contribution in [3.05, 3.63) is 24.0 Å². The van der Waals surface area contributed by atoms with Gasteiger partial charge in [0.15, 0.2) is 0 Å². The molecule has 1 aromatic rings. The fourth-order valence-electron chi connectivity index (χ4n) is 2.53. The zero-order valence-corrected chi connectivity index (χ0v) is 13.1. The first-order valence-corrected chi connectivity index (χ1v) is 7.95. The fraction of sp³-hybridized carbons (Fsp3) is 0.625. The van der Waals surface area contributed by atoms with E-state index in [4.69, 9.17) is 0 Å². The number of piperazine rings is 1. The van der Waals surface area contributed by atoms with E-state index in [1.807, 2.05) is 12.3 Å². The summed E-state index contributed by atoms with van der Waals surface area (Å²) in [5.41, 5.74) is 1.70. The van der Waals surface area contributed by atoms with Crippen LogP contribution in [0.5, 0.6) is 0 Å². The predicted octanol–water partition coefficient (Wildman–Crippen LogP) is 1.75. The molecule has 116 valence electrons. The summed E-state index contributed by atoms with van der Waals surface area (Å²) in [6.45, 7) is 10.3. The van der Waals surface area contributed by atoms with Crippen LogP contribution in [0.2, 0.25) is 0 Å². The van der Waals surface area contributed by atoms with Crippen LogP contribution in [-0.4, -0.2) is 55.1 Å². The number of nitrogens with zero attached hydrogens (tertiary/aromatic N) is 3. The highest BCUT2D eigenvalue weighted by Gasteiger charge is 2.17. The van der Waals surface area contributed by atoms with Crippen LogP contribution in [0.15, 0.2) is 18.5 Å². The first-order chi connectivity index (χ1) is 10.2. The van der Waals surface area contributed by atoms with Crippen LogP contribution in [0.25, 0.3) is 0 Å². The molecule has 0 saturated carbocycles. The molecule has 0 radical (unpaired) electrons. The topological polar surface area (TPSA) is 48.5 Å². The number of amides is 1. The highest BCUT2D eigenvalue weighted by Crippen LogP contribution is 2.16. The number of nitrogens with one attached hydrogen (secondary N) is 1. The summed E-state index contributed by atoms with van der Waals surface area (Å²) in [5, 5.41) is 2.94. The summed E-state index contributed by atoms with van der Waals surface area (Å²) in [7, 11) is 0. The van der Waals surface area contributed by atoms with E-state index in [9.17, 15) is 4.79 Å². The number of hydrogen-bond donors (Lipinski definition) is 1. The molecule has 0 aromatic carbocycles.